The van der Waals surface area contributed by atoms with E-state index in [4.69, 9.17) is 34.8 Å². The van der Waals surface area contributed by atoms with Gasteiger partial charge in [0.15, 0.2) is 5.78 Å². The highest BCUT2D eigenvalue weighted by Gasteiger charge is 2.34. The Hall–Kier alpha value is -0.760. The molecule has 0 saturated heterocycles. The zero-order valence-electron chi connectivity index (χ0n) is 10.5. The minimum Gasteiger partial charge on any atom is -0.364 e. The molecule has 21 heavy (non-hydrogen) atoms. The van der Waals surface area contributed by atoms with Gasteiger partial charge in [-0.25, -0.2) is 0 Å². The molecule has 1 rings (SSSR count). The molecule has 0 radical (unpaired) electrons. The number of halogens is 6. The van der Waals surface area contributed by atoms with Gasteiger partial charge in [-0.2, -0.15) is 13.2 Å². The molecule has 0 fully saturated rings. The summed E-state index contributed by atoms with van der Waals surface area (Å²) < 4.78 is 38.9. The maximum atomic E-state index is 11.9. The molecule has 0 spiro atoms. The Labute approximate surface area is 132 Å². The van der Waals surface area contributed by atoms with Crippen molar-refractivity contribution < 1.29 is 27.5 Å². The number of carbonyl (C=O) groups is 2. The Kier molecular flexibility index (Phi) is 5.71. The van der Waals surface area contributed by atoms with E-state index in [9.17, 15) is 22.8 Å². The fourth-order valence-electron chi connectivity index (χ4n) is 1.43. The summed E-state index contributed by atoms with van der Waals surface area (Å²) in [6, 6.07) is 1.13. The summed E-state index contributed by atoms with van der Waals surface area (Å²) >= 11 is 16.3. The Balaban J connectivity index is 2.78. The van der Waals surface area contributed by atoms with Crippen LogP contribution in [0.5, 0.6) is 0 Å². The summed E-state index contributed by atoms with van der Waals surface area (Å²) in [5.74, 6) is -1.58. The van der Waals surface area contributed by atoms with Crippen LogP contribution in [0.15, 0.2) is 12.3 Å². The molecule has 0 unspecified atom stereocenters. The lowest BCUT2D eigenvalue weighted by molar-refractivity contribution is -0.170. The molecule has 0 N–H and O–H groups in total. The van der Waals surface area contributed by atoms with Crippen LogP contribution in [0.1, 0.15) is 20.8 Å². The van der Waals surface area contributed by atoms with Crippen molar-refractivity contribution in [2.24, 2.45) is 7.05 Å². The van der Waals surface area contributed by atoms with E-state index in [1.165, 1.54) is 17.8 Å². The molecule has 4 nitrogen and oxygen atoms in total. The number of hydrogen-bond donors (Lipinski definition) is 0. The topological polar surface area (TPSA) is 48.3 Å². The lowest BCUT2D eigenvalue weighted by atomic mass is 10.2. The van der Waals surface area contributed by atoms with E-state index < -0.39 is 34.7 Å². The van der Waals surface area contributed by atoms with Crippen LogP contribution in [0, 0.1) is 0 Å². The fourth-order valence-corrected chi connectivity index (χ4v) is 1.72. The predicted molar refractivity (Wildman–Crippen MR) is 71.2 cm³/mol. The van der Waals surface area contributed by atoms with Gasteiger partial charge in [-0.15, -0.1) is 0 Å². The van der Waals surface area contributed by atoms with E-state index in [0.29, 0.717) is 0 Å². The third-order valence-corrected chi connectivity index (χ3v) is 2.83. The summed E-state index contributed by atoms with van der Waals surface area (Å²) in [7, 11) is 1.43. The molecule has 1 aromatic heterocycles. The van der Waals surface area contributed by atoms with Crippen LogP contribution < -0.4 is 0 Å². The zero-order chi connectivity index (χ0) is 16.4. The number of carbonyl (C=O) groups excluding carboxylic acids is 2. The molecule has 0 aliphatic heterocycles. The van der Waals surface area contributed by atoms with Gasteiger partial charge in [0.25, 0.3) is 3.79 Å². The second kappa shape index (κ2) is 6.56. The van der Waals surface area contributed by atoms with Gasteiger partial charge in [-0.05, 0) is 6.07 Å². The number of Topliss-reactive ketones (excluding diaryl/α,β-unsaturated/α-hetero) is 2. The Bertz CT molecular complexity index is 549. The fraction of sp³-hybridized carbons (Fsp3) is 0.455. The van der Waals surface area contributed by atoms with Crippen molar-refractivity contribution in [1.29, 1.82) is 0 Å². The smallest absolute Gasteiger partial charge is 0.364 e. The number of hydrogen-bond acceptors (Lipinski definition) is 3. The maximum Gasteiger partial charge on any atom is 0.411 e. The second-order valence-electron chi connectivity index (χ2n) is 4.08. The number of rotatable bonds is 5. The standard InChI is InChI=1S/C11H9Cl3F3NO3/c1-18-3-6(2-7(18)9(20)11(12,13)14)8(19)4-21-5-10(15,16)17/h2-3H,4-5H2,1H3. The summed E-state index contributed by atoms with van der Waals surface area (Å²) in [4.78, 5) is 23.4. The molecule has 0 amide bonds. The van der Waals surface area contributed by atoms with Crippen molar-refractivity contribution >= 4 is 46.4 Å². The minimum absolute atomic E-state index is 0.0164. The van der Waals surface area contributed by atoms with E-state index in [0.717, 1.165) is 6.07 Å². The molecular formula is C11H9Cl3F3NO3. The van der Waals surface area contributed by atoms with Crippen molar-refractivity contribution in [2.45, 2.75) is 9.97 Å². The number of aromatic nitrogens is 1. The van der Waals surface area contributed by atoms with Gasteiger partial charge >= 0.3 is 6.18 Å². The SMILES string of the molecule is Cn1cc(C(=O)COCC(F)(F)F)cc1C(=O)C(Cl)(Cl)Cl. The Morgan fingerprint density at radius 2 is 1.86 bits per heavy atom. The number of ketones is 2. The summed E-state index contributed by atoms with van der Waals surface area (Å²) in [5, 5.41) is 0. The summed E-state index contributed by atoms with van der Waals surface area (Å²) in [6.45, 7) is -2.31. The van der Waals surface area contributed by atoms with Crippen molar-refractivity contribution in [2.75, 3.05) is 13.2 Å². The molecule has 1 heterocycles. The van der Waals surface area contributed by atoms with Gasteiger partial charge in [-0.1, -0.05) is 34.8 Å². The Morgan fingerprint density at radius 1 is 1.29 bits per heavy atom. The van der Waals surface area contributed by atoms with Crippen molar-refractivity contribution in [1.82, 2.24) is 4.57 Å². The van der Waals surface area contributed by atoms with Crippen LogP contribution in [-0.4, -0.2) is 39.3 Å². The van der Waals surface area contributed by atoms with Crippen LogP contribution in [0.4, 0.5) is 13.2 Å². The molecule has 0 aliphatic rings. The van der Waals surface area contributed by atoms with Crippen molar-refractivity contribution in [3.8, 4) is 0 Å². The van der Waals surface area contributed by atoms with Crippen LogP contribution in [-0.2, 0) is 11.8 Å². The lowest BCUT2D eigenvalue weighted by Gasteiger charge is -2.09. The van der Waals surface area contributed by atoms with Gasteiger partial charge in [-0.3, -0.25) is 9.59 Å². The van der Waals surface area contributed by atoms with Crippen LogP contribution in [0.2, 0.25) is 0 Å². The zero-order valence-corrected chi connectivity index (χ0v) is 12.8. The molecule has 0 aliphatic carbocycles. The highest BCUT2D eigenvalue weighted by Crippen LogP contribution is 2.31. The quantitative estimate of drug-likeness (QED) is 0.593. The molecule has 10 heteroatoms. The average molecular weight is 367 g/mol. The van der Waals surface area contributed by atoms with Crippen LogP contribution in [0.25, 0.3) is 0 Å². The van der Waals surface area contributed by atoms with E-state index in [-0.39, 0.29) is 11.3 Å². The molecule has 0 aromatic carbocycles. The summed E-state index contributed by atoms with van der Waals surface area (Å²) in [6.07, 6.45) is -3.28. The third-order valence-electron chi connectivity index (χ3n) is 2.32. The molecule has 1 aromatic rings. The normalized spacial score (nSPS) is 12.5. The first-order valence-electron chi connectivity index (χ1n) is 5.37. The largest absolute Gasteiger partial charge is 0.411 e. The van der Waals surface area contributed by atoms with E-state index >= 15 is 0 Å². The molecule has 0 saturated carbocycles. The van der Waals surface area contributed by atoms with Gasteiger partial charge < -0.3 is 9.30 Å². The first-order chi connectivity index (χ1) is 9.42. The van der Waals surface area contributed by atoms with E-state index in [1.54, 1.807) is 0 Å². The molecular weight excluding hydrogens is 357 g/mol. The third kappa shape index (κ3) is 5.50. The first kappa shape index (κ1) is 18.3. The lowest BCUT2D eigenvalue weighted by Crippen LogP contribution is -2.21. The average Bonchev–Trinajstić information content (AvgIpc) is 2.67. The Morgan fingerprint density at radius 3 is 2.33 bits per heavy atom. The minimum atomic E-state index is -4.52. The second-order valence-corrected chi connectivity index (χ2v) is 6.36. The van der Waals surface area contributed by atoms with Crippen molar-refractivity contribution in [3.63, 3.8) is 0 Å². The highest BCUT2D eigenvalue weighted by molar-refractivity contribution is 6.77. The van der Waals surface area contributed by atoms with E-state index in [2.05, 4.69) is 4.74 Å². The summed E-state index contributed by atoms with van der Waals surface area (Å²) in [5.41, 5.74) is -0.0774. The van der Waals surface area contributed by atoms with Crippen LogP contribution >= 0.6 is 34.8 Å². The molecule has 118 valence electrons. The monoisotopic (exact) mass is 365 g/mol. The van der Waals surface area contributed by atoms with Crippen LogP contribution in [0.3, 0.4) is 0 Å². The molecule has 0 atom stereocenters. The number of aryl methyl sites for hydroxylation is 1. The van der Waals surface area contributed by atoms with Gasteiger partial charge in [0.2, 0.25) is 5.78 Å². The van der Waals surface area contributed by atoms with Gasteiger partial charge in [0.1, 0.15) is 13.2 Å². The van der Waals surface area contributed by atoms with Gasteiger partial charge in [0.05, 0.1) is 5.69 Å². The van der Waals surface area contributed by atoms with E-state index in [1.807, 2.05) is 0 Å². The molecule has 0 bridgehead atoms. The highest BCUT2D eigenvalue weighted by atomic mass is 35.6. The number of ether oxygens (including phenoxy) is 1. The predicted octanol–water partition coefficient (Wildman–Crippen LogP) is 3.34. The van der Waals surface area contributed by atoms with Crippen molar-refractivity contribution in [3.05, 3.63) is 23.5 Å². The number of nitrogens with zero attached hydrogens (tertiary/aromatic N) is 1. The first-order valence-corrected chi connectivity index (χ1v) is 6.51. The number of alkyl halides is 6. The van der Waals surface area contributed by atoms with Gasteiger partial charge in [0, 0.05) is 18.8 Å². The maximum absolute atomic E-state index is 11.9.